The Morgan fingerprint density at radius 1 is 1.00 bits per heavy atom. The van der Waals surface area contributed by atoms with Crippen molar-refractivity contribution < 1.29 is 27.8 Å². The minimum atomic E-state index is -2.85. The number of amides is 1. The lowest BCUT2D eigenvalue weighted by atomic mass is 10.1. The van der Waals surface area contributed by atoms with E-state index >= 15 is 0 Å². The van der Waals surface area contributed by atoms with Crippen LogP contribution in [-0.4, -0.2) is 31.5 Å². The number of benzene rings is 2. The summed E-state index contributed by atoms with van der Waals surface area (Å²) in [6.45, 7) is -1.12. The molecule has 0 aliphatic carbocycles. The molecule has 7 heteroatoms. The van der Waals surface area contributed by atoms with Gasteiger partial charge in [0.1, 0.15) is 11.5 Å². The average molecular weight is 363 g/mol. The molecule has 0 unspecified atom stereocenters. The number of ketones is 1. The zero-order chi connectivity index (χ0) is 18.9. The number of carbonyl (C=O) groups excluding carboxylic acids is 2. The molecule has 0 spiro atoms. The maximum Gasteiger partial charge on any atom is 0.387 e. The van der Waals surface area contributed by atoms with Crippen LogP contribution < -0.4 is 14.8 Å². The standard InChI is InChI=1S/C19H19F2NO4/c1-13(23)15-4-8-16(9-5-15)25-12-18(24)22-11-10-14-2-6-17(7-3-14)26-19(20)21/h2-9,19H,10-12H2,1H3,(H,22,24). The minimum absolute atomic E-state index is 0.0388. The Morgan fingerprint density at radius 2 is 1.62 bits per heavy atom. The molecule has 2 aromatic carbocycles. The maximum absolute atomic E-state index is 12.1. The van der Waals surface area contributed by atoms with E-state index in [4.69, 9.17) is 4.74 Å². The summed E-state index contributed by atoms with van der Waals surface area (Å²) in [5.41, 5.74) is 1.46. The van der Waals surface area contributed by atoms with Crippen molar-refractivity contribution in [2.75, 3.05) is 13.2 Å². The molecule has 2 rings (SSSR count). The Balaban J connectivity index is 1.69. The molecule has 0 saturated carbocycles. The lowest BCUT2D eigenvalue weighted by Gasteiger charge is -2.09. The van der Waals surface area contributed by atoms with Gasteiger partial charge in [-0.3, -0.25) is 9.59 Å². The first kappa shape index (κ1) is 19.4. The second kappa shape index (κ2) is 9.50. The number of hydrogen-bond donors (Lipinski definition) is 1. The van der Waals surface area contributed by atoms with Gasteiger partial charge in [0.25, 0.3) is 5.91 Å². The summed E-state index contributed by atoms with van der Waals surface area (Å²) >= 11 is 0. The van der Waals surface area contributed by atoms with Gasteiger partial charge < -0.3 is 14.8 Å². The molecule has 0 bridgehead atoms. The molecular weight excluding hydrogens is 344 g/mol. The van der Waals surface area contributed by atoms with E-state index in [9.17, 15) is 18.4 Å². The van der Waals surface area contributed by atoms with Gasteiger partial charge in [-0.25, -0.2) is 0 Å². The second-order valence-corrected chi connectivity index (χ2v) is 5.49. The van der Waals surface area contributed by atoms with Crippen LogP contribution >= 0.6 is 0 Å². The number of rotatable bonds is 9. The molecule has 0 atom stereocenters. The van der Waals surface area contributed by atoms with Gasteiger partial charge in [-0.05, 0) is 55.3 Å². The maximum atomic E-state index is 12.1. The molecule has 138 valence electrons. The van der Waals surface area contributed by atoms with Crippen LogP contribution in [0.2, 0.25) is 0 Å². The van der Waals surface area contributed by atoms with Crippen molar-refractivity contribution in [3.05, 3.63) is 59.7 Å². The summed E-state index contributed by atoms with van der Waals surface area (Å²) in [5, 5.41) is 2.71. The van der Waals surface area contributed by atoms with Crippen LogP contribution in [0.5, 0.6) is 11.5 Å². The number of Topliss-reactive ketones (excluding diaryl/α,β-unsaturated/α-hetero) is 1. The van der Waals surface area contributed by atoms with Gasteiger partial charge >= 0.3 is 6.61 Å². The van der Waals surface area contributed by atoms with Crippen molar-refractivity contribution in [1.29, 1.82) is 0 Å². The Labute approximate surface area is 149 Å². The molecule has 0 aliphatic rings. The summed E-state index contributed by atoms with van der Waals surface area (Å²) in [6.07, 6.45) is 0.550. The molecule has 1 N–H and O–H groups in total. The first-order valence-corrected chi connectivity index (χ1v) is 7.98. The van der Waals surface area contributed by atoms with Gasteiger partial charge in [-0.1, -0.05) is 12.1 Å². The molecule has 0 aromatic heterocycles. The van der Waals surface area contributed by atoms with Crippen LogP contribution in [0.15, 0.2) is 48.5 Å². The lowest BCUT2D eigenvalue weighted by Crippen LogP contribution is -2.30. The predicted octanol–water partition coefficient (Wildman–Crippen LogP) is 3.23. The van der Waals surface area contributed by atoms with Gasteiger partial charge in [0.15, 0.2) is 12.4 Å². The predicted molar refractivity (Wildman–Crippen MR) is 91.7 cm³/mol. The summed E-state index contributed by atoms with van der Waals surface area (Å²) < 4.78 is 33.7. The average Bonchev–Trinajstić information content (AvgIpc) is 2.61. The number of hydrogen-bond acceptors (Lipinski definition) is 4. The van der Waals surface area contributed by atoms with Crippen LogP contribution in [0.1, 0.15) is 22.8 Å². The number of ether oxygens (including phenoxy) is 2. The Morgan fingerprint density at radius 3 is 2.19 bits per heavy atom. The van der Waals surface area contributed by atoms with E-state index in [1.54, 1.807) is 36.4 Å². The van der Waals surface area contributed by atoms with Gasteiger partial charge in [0.2, 0.25) is 0 Å². The van der Waals surface area contributed by atoms with Crippen LogP contribution in [0.25, 0.3) is 0 Å². The summed E-state index contributed by atoms with van der Waals surface area (Å²) in [5.74, 6) is 0.276. The normalized spacial score (nSPS) is 10.5. The zero-order valence-corrected chi connectivity index (χ0v) is 14.2. The van der Waals surface area contributed by atoms with Crippen molar-refractivity contribution in [3.63, 3.8) is 0 Å². The van der Waals surface area contributed by atoms with E-state index in [1.165, 1.54) is 19.1 Å². The van der Waals surface area contributed by atoms with Crippen LogP contribution in [0.3, 0.4) is 0 Å². The minimum Gasteiger partial charge on any atom is -0.484 e. The zero-order valence-electron chi connectivity index (χ0n) is 14.2. The summed E-state index contributed by atoms with van der Waals surface area (Å²) in [4.78, 5) is 22.9. The number of alkyl halides is 2. The highest BCUT2D eigenvalue weighted by Crippen LogP contribution is 2.15. The molecular formula is C19H19F2NO4. The number of nitrogens with one attached hydrogen (secondary N) is 1. The van der Waals surface area contributed by atoms with Crippen LogP contribution in [0.4, 0.5) is 8.78 Å². The Hall–Kier alpha value is -2.96. The van der Waals surface area contributed by atoms with Crippen LogP contribution in [-0.2, 0) is 11.2 Å². The molecule has 1 amide bonds. The van der Waals surface area contributed by atoms with Gasteiger partial charge in [0.05, 0.1) is 0 Å². The van der Waals surface area contributed by atoms with E-state index < -0.39 is 6.61 Å². The quantitative estimate of drug-likeness (QED) is 0.695. The highest BCUT2D eigenvalue weighted by Gasteiger charge is 2.06. The van der Waals surface area contributed by atoms with Crippen molar-refractivity contribution >= 4 is 11.7 Å². The van der Waals surface area contributed by atoms with E-state index in [1.807, 2.05) is 0 Å². The summed E-state index contributed by atoms with van der Waals surface area (Å²) in [6, 6.07) is 12.8. The first-order chi connectivity index (χ1) is 12.4. The van der Waals surface area contributed by atoms with Gasteiger partial charge in [-0.2, -0.15) is 8.78 Å². The van der Waals surface area contributed by atoms with Crippen molar-refractivity contribution in [1.82, 2.24) is 5.32 Å². The van der Waals surface area contributed by atoms with E-state index in [0.717, 1.165) is 5.56 Å². The molecule has 2 aromatic rings. The number of carbonyl (C=O) groups is 2. The third kappa shape index (κ3) is 6.51. The lowest BCUT2D eigenvalue weighted by molar-refractivity contribution is -0.123. The molecule has 5 nitrogen and oxygen atoms in total. The van der Waals surface area contributed by atoms with Crippen LogP contribution in [0, 0.1) is 0 Å². The van der Waals surface area contributed by atoms with Crippen molar-refractivity contribution in [2.45, 2.75) is 20.0 Å². The van der Waals surface area contributed by atoms with Gasteiger partial charge in [-0.15, -0.1) is 0 Å². The Kier molecular flexibility index (Phi) is 7.08. The van der Waals surface area contributed by atoms with E-state index in [0.29, 0.717) is 24.3 Å². The third-order valence-electron chi connectivity index (χ3n) is 3.52. The fourth-order valence-electron chi connectivity index (χ4n) is 2.17. The molecule has 0 fully saturated rings. The highest BCUT2D eigenvalue weighted by atomic mass is 19.3. The Bertz CT molecular complexity index is 730. The SMILES string of the molecule is CC(=O)c1ccc(OCC(=O)NCCc2ccc(OC(F)F)cc2)cc1. The fraction of sp³-hybridized carbons (Fsp3) is 0.263. The molecule has 0 aliphatic heterocycles. The summed E-state index contributed by atoms with van der Waals surface area (Å²) in [7, 11) is 0. The topological polar surface area (TPSA) is 64.6 Å². The van der Waals surface area contributed by atoms with Crippen molar-refractivity contribution in [3.8, 4) is 11.5 Å². The first-order valence-electron chi connectivity index (χ1n) is 7.98. The van der Waals surface area contributed by atoms with E-state index in [-0.39, 0.29) is 24.0 Å². The van der Waals surface area contributed by atoms with E-state index in [2.05, 4.69) is 10.1 Å². The monoisotopic (exact) mass is 363 g/mol. The van der Waals surface area contributed by atoms with Crippen molar-refractivity contribution in [2.24, 2.45) is 0 Å². The highest BCUT2D eigenvalue weighted by molar-refractivity contribution is 5.94. The third-order valence-corrected chi connectivity index (χ3v) is 3.52. The smallest absolute Gasteiger partial charge is 0.387 e. The molecule has 26 heavy (non-hydrogen) atoms. The largest absolute Gasteiger partial charge is 0.484 e. The van der Waals surface area contributed by atoms with Gasteiger partial charge in [0, 0.05) is 12.1 Å². The molecule has 0 radical (unpaired) electrons. The fourth-order valence-corrected chi connectivity index (χ4v) is 2.17. The molecule has 0 heterocycles. The molecule has 0 saturated heterocycles. The number of halogens is 2. The second-order valence-electron chi connectivity index (χ2n) is 5.49.